The van der Waals surface area contributed by atoms with Gasteiger partial charge in [0.05, 0.1) is 29.7 Å². The molecule has 0 saturated heterocycles. The van der Waals surface area contributed by atoms with Crippen LogP contribution in [0.2, 0.25) is 0 Å². The summed E-state index contributed by atoms with van der Waals surface area (Å²) in [5, 5.41) is 14.3. The SMILES string of the molecule is C[C@H]1Oc2nc(cnc2N)-c2c(nn(C)c2C#N)CN(C2CC2)C(=O)c2ccc(F)cc21. The fraction of sp³-hybridized carbons (Fsp3) is 0.318. The summed E-state index contributed by atoms with van der Waals surface area (Å²) in [6, 6.07) is 6.23. The van der Waals surface area contributed by atoms with Crippen LogP contribution in [-0.4, -0.2) is 36.6 Å². The molecule has 5 rings (SSSR count). The number of carbonyl (C=O) groups excluding carboxylic acids is 1. The van der Waals surface area contributed by atoms with E-state index in [2.05, 4.69) is 21.1 Å². The second kappa shape index (κ2) is 7.30. The number of hydrogen-bond donors (Lipinski definition) is 1. The number of amides is 1. The Morgan fingerprint density at radius 2 is 2.12 bits per heavy atom. The largest absolute Gasteiger partial charge is 0.467 e. The topological polar surface area (TPSA) is 123 Å². The van der Waals surface area contributed by atoms with Gasteiger partial charge >= 0.3 is 0 Å². The van der Waals surface area contributed by atoms with E-state index < -0.39 is 11.9 Å². The maximum absolute atomic E-state index is 14.1. The lowest BCUT2D eigenvalue weighted by Crippen LogP contribution is -2.34. The molecule has 0 radical (unpaired) electrons. The fourth-order valence-electron chi connectivity index (χ4n) is 4.04. The van der Waals surface area contributed by atoms with E-state index >= 15 is 0 Å². The first kappa shape index (κ1) is 19.9. The Balaban J connectivity index is 1.76. The minimum atomic E-state index is -0.721. The highest BCUT2D eigenvalue weighted by atomic mass is 19.1. The highest BCUT2D eigenvalue weighted by Gasteiger charge is 2.37. The first-order valence-corrected chi connectivity index (χ1v) is 10.2. The molecule has 162 valence electrons. The van der Waals surface area contributed by atoms with E-state index in [1.54, 1.807) is 18.9 Å². The number of halogens is 1. The molecular weight excluding hydrogens is 413 g/mol. The number of benzene rings is 1. The number of ether oxygens (including phenoxy) is 1. The summed E-state index contributed by atoms with van der Waals surface area (Å²) < 4.78 is 21.5. The molecular formula is C22H20FN7O2. The Hall–Kier alpha value is -4.00. The number of hydrogen-bond acceptors (Lipinski definition) is 7. The summed E-state index contributed by atoms with van der Waals surface area (Å²) in [6.45, 7) is 1.88. The highest BCUT2D eigenvalue weighted by Crippen LogP contribution is 2.36. The number of carbonyl (C=O) groups is 1. The number of nitrogens with zero attached hydrogens (tertiary/aromatic N) is 6. The summed E-state index contributed by atoms with van der Waals surface area (Å²) in [6.07, 6.45) is 2.47. The molecule has 1 saturated carbocycles. The van der Waals surface area contributed by atoms with Crippen LogP contribution in [0, 0.1) is 17.1 Å². The van der Waals surface area contributed by atoms with Crippen molar-refractivity contribution in [1.29, 1.82) is 5.26 Å². The molecule has 1 atom stereocenters. The van der Waals surface area contributed by atoms with Gasteiger partial charge in [0, 0.05) is 24.2 Å². The van der Waals surface area contributed by atoms with Crippen LogP contribution in [0.5, 0.6) is 5.88 Å². The lowest BCUT2D eigenvalue weighted by Gasteiger charge is -2.26. The quantitative estimate of drug-likeness (QED) is 0.626. The number of aromatic nitrogens is 4. The van der Waals surface area contributed by atoms with Crippen molar-refractivity contribution < 1.29 is 13.9 Å². The van der Waals surface area contributed by atoms with E-state index in [0.29, 0.717) is 33.8 Å². The molecule has 1 fully saturated rings. The van der Waals surface area contributed by atoms with Crippen LogP contribution in [0.15, 0.2) is 24.4 Å². The average molecular weight is 433 g/mol. The molecule has 10 heteroatoms. The highest BCUT2D eigenvalue weighted by molar-refractivity contribution is 5.96. The van der Waals surface area contributed by atoms with Crippen LogP contribution in [0.25, 0.3) is 11.3 Å². The molecule has 2 aromatic heterocycles. The van der Waals surface area contributed by atoms with Crippen LogP contribution in [0.3, 0.4) is 0 Å². The van der Waals surface area contributed by atoms with Gasteiger partial charge in [-0.05, 0) is 38.0 Å². The van der Waals surface area contributed by atoms with Crippen molar-refractivity contribution in [1.82, 2.24) is 24.6 Å². The van der Waals surface area contributed by atoms with E-state index in [-0.39, 0.29) is 30.2 Å². The number of anilines is 1. The Morgan fingerprint density at radius 3 is 2.84 bits per heavy atom. The number of nitrogens with two attached hydrogens (primary N) is 1. The van der Waals surface area contributed by atoms with Gasteiger partial charge < -0.3 is 15.4 Å². The fourth-order valence-corrected chi connectivity index (χ4v) is 4.04. The molecule has 3 heterocycles. The molecule has 2 bridgehead atoms. The zero-order valence-corrected chi connectivity index (χ0v) is 17.5. The van der Waals surface area contributed by atoms with Crippen LogP contribution in [0.1, 0.15) is 53.2 Å². The van der Waals surface area contributed by atoms with Gasteiger partial charge in [-0.2, -0.15) is 10.4 Å². The second-order valence-corrected chi connectivity index (χ2v) is 8.01. The first-order valence-electron chi connectivity index (χ1n) is 10.2. The smallest absolute Gasteiger partial charge is 0.258 e. The predicted molar refractivity (Wildman–Crippen MR) is 112 cm³/mol. The molecule has 2 N–H and O–H groups in total. The Labute approximate surface area is 183 Å². The molecule has 32 heavy (non-hydrogen) atoms. The average Bonchev–Trinajstić information content (AvgIpc) is 3.55. The van der Waals surface area contributed by atoms with E-state index in [0.717, 1.165) is 12.8 Å². The van der Waals surface area contributed by atoms with Gasteiger partial charge in [-0.15, -0.1) is 0 Å². The maximum Gasteiger partial charge on any atom is 0.258 e. The van der Waals surface area contributed by atoms with E-state index in [9.17, 15) is 14.4 Å². The third kappa shape index (κ3) is 3.22. The summed E-state index contributed by atoms with van der Waals surface area (Å²) in [5.74, 6) is -0.631. The Kier molecular flexibility index (Phi) is 4.55. The number of rotatable bonds is 1. The summed E-state index contributed by atoms with van der Waals surface area (Å²) in [5.41, 5.74) is 8.38. The summed E-state index contributed by atoms with van der Waals surface area (Å²) in [4.78, 5) is 24.1. The Morgan fingerprint density at radius 1 is 1.34 bits per heavy atom. The number of fused-ring (bicyclic) bond motifs is 5. The van der Waals surface area contributed by atoms with Crippen LogP contribution < -0.4 is 10.5 Å². The van der Waals surface area contributed by atoms with E-state index in [4.69, 9.17) is 10.5 Å². The maximum atomic E-state index is 14.1. The normalized spacial score (nSPS) is 18.0. The van der Waals surface area contributed by atoms with Crippen molar-refractivity contribution in [3.05, 3.63) is 52.7 Å². The summed E-state index contributed by atoms with van der Waals surface area (Å²) >= 11 is 0. The molecule has 2 aliphatic rings. The number of nitrogen functional groups attached to an aromatic ring is 1. The van der Waals surface area contributed by atoms with Crippen molar-refractivity contribution in [2.24, 2.45) is 7.05 Å². The van der Waals surface area contributed by atoms with Gasteiger partial charge in [0.15, 0.2) is 5.82 Å². The van der Waals surface area contributed by atoms with Crippen LogP contribution in [-0.2, 0) is 13.6 Å². The van der Waals surface area contributed by atoms with Crippen molar-refractivity contribution in [2.75, 3.05) is 5.73 Å². The molecule has 0 spiro atoms. The van der Waals surface area contributed by atoms with Gasteiger partial charge in [-0.3, -0.25) is 9.48 Å². The van der Waals surface area contributed by atoms with E-state index in [1.807, 2.05) is 0 Å². The predicted octanol–water partition coefficient (Wildman–Crippen LogP) is 2.73. The Bertz CT molecular complexity index is 1290. The van der Waals surface area contributed by atoms with Crippen molar-refractivity contribution in [2.45, 2.75) is 38.5 Å². The minimum absolute atomic E-state index is 0.0379. The zero-order valence-electron chi connectivity index (χ0n) is 17.5. The molecule has 1 aliphatic carbocycles. The molecule has 0 unspecified atom stereocenters. The third-order valence-corrected chi connectivity index (χ3v) is 5.79. The number of nitriles is 1. The molecule has 1 aromatic carbocycles. The van der Waals surface area contributed by atoms with E-state index in [1.165, 1.54) is 29.1 Å². The lowest BCUT2D eigenvalue weighted by atomic mass is 10.0. The van der Waals surface area contributed by atoms with Crippen LogP contribution in [0.4, 0.5) is 10.2 Å². The number of aryl methyl sites for hydroxylation is 1. The molecule has 1 aliphatic heterocycles. The van der Waals surface area contributed by atoms with Crippen molar-refractivity contribution in [3.8, 4) is 23.2 Å². The van der Waals surface area contributed by atoms with Gasteiger partial charge in [-0.1, -0.05) is 0 Å². The molecule has 9 nitrogen and oxygen atoms in total. The first-order chi connectivity index (χ1) is 15.4. The minimum Gasteiger partial charge on any atom is -0.467 e. The zero-order chi connectivity index (χ0) is 22.6. The van der Waals surface area contributed by atoms with Crippen molar-refractivity contribution >= 4 is 11.7 Å². The van der Waals surface area contributed by atoms with Gasteiger partial charge in [0.2, 0.25) is 0 Å². The van der Waals surface area contributed by atoms with Crippen LogP contribution >= 0.6 is 0 Å². The van der Waals surface area contributed by atoms with Crippen molar-refractivity contribution in [3.63, 3.8) is 0 Å². The second-order valence-electron chi connectivity index (χ2n) is 8.01. The lowest BCUT2D eigenvalue weighted by molar-refractivity contribution is 0.0722. The molecule has 1 amide bonds. The monoisotopic (exact) mass is 433 g/mol. The van der Waals surface area contributed by atoms with Gasteiger partial charge in [0.25, 0.3) is 11.8 Å². The van der Waals surface area contributed by atoms with Gasteiger partial charge in [-0.25, -0.2) is 14.4 Å². The standard InChI is InChI=1S/C22H20FN7O2/c1-11-15-7-12(23)3-6-14(15)22(31)30(13-4-5-13)10-17-19(18(8-24)29(2)28-17)16-9-26-20(25)21(27-16)32-11/h3,6-7,9,11,13H,4-5,10H2,1-2H3,(H2,25,26)/t11-/m1/s1. The van der Waals surface area contributed by atoms with Gasteiger partial charge in [0.1, 0.15) is 23.7 Å². The summed E-state index contributed by atoms with van der Waals surface area (Å²) in [7, 11) is 1.66. The molecule has 3 aromatic rings. The third-order valence-electron chi connectivity index (χ3n) is 5.79.